The molecule has 0 bridgehead atoms. The third kappa shape index (κ3) is 6.21. The van der Waals surface area contributed by atoms with Gasteiger partial charge in [-0.15, -0.1) is 0 Å². The Kier molecular flexibility index (Phi) is 7.61. The van der Waals surface area contributed by atoms with Crippen molar-refractivity contribution in [3.8, 4) is 5.75 Å². The average molecular weight is 472 g/mol. The first-order valence-electron chi connectivity index (χ1n) is 12.5. The highest BCUT2D eigenvalue weighted by Crippen LogP contribution is 2.24. The van der Waals surface area contributed by atoms with E-state index < -0.39 is 0 Å². The number of fused-ring (bicyclic) bond motifs is 1. The molecule has 3 aromatic rings. The molecule has 0 saturated carbocycles. The lowest BCUT2D eigenvalue weighted by atomic mass is 9.99. The zero-order valence-electron chi connectivity index (χ0n) is 20.1. The van der Waals surface area contributed by atoms with Crippen LogP contribution >= 0.6 is 0 Å². The molecule has 1 amide bonds. The van der Waals surface area contributed by atoms with Crippen LogP contribution in [0, 0.1) is 0 Å². The van der Waals surface area contributed by atoms with Gasteiger partial charge in [-0.1, -0.05) is 36.4 Å². The molecule has 1 saturated heterocycles. The number of amides is 1. The number of ether oxygens (including phenoxy) is 2. The Morgan fingerprint density at radius 3 is 2.54 bits per heavy atom. The first-order valence-corrected chi connectivity index (χ1v) is 12.5. The van der Waals surface area contributed by atoms with Crippen LogP contribution in [0.2, 0.25) is 0 Å². The van der Waals surface area contributed by atoms with Crippen LogP contribution in [0.5, 0.6) is 5.75 Å². The van der Waals surface area contributed by atoms with Gasteiger partial charge >= 0.3 is 0 Å². The fraction of sp³-hybridized carbons (Fsp3) is 0.345. The van der Waals surface area contributed by atoms with Crippen LogP contribution in [0.4, 0.5) is 5.69 Å². The molecule has 2 heterocycles. The van der Waals surface area contributed by atoms with E-state index >= 15 is 0 Å². The van der Waals surface area contributed by atoms with Crippen molar-refractivity contribution in [1.82, 2.24) is 10.2 Å². The van der Waals surface area contributed by atoms with Crippen LogP contribution in [0.1, 0.15) is 27.0 Å². The molecule has 0 unspecified atom stereocenters. The predicted octanol–water partition coefficient (Wildman–Crippen LogP) is 3.89. The van der Waals surface area contributed by atoms with Gasteiger partial charge in [-0.25, -0.2) is 0 Å². The molecule has 0 aliphatic carbocycles. The Morgan fingerprint density at radius 2 is 1.71 bits per heavy atom. The minimum Gasteiger partial charge on any atom is -0.492 e. The number of benzene rings is 3. The Balaban J connectivity index is 1.10. The van der Waals surface area contributed by atoms with Crippen molar-refractivity contribution in [2.45, 2.75) is 19.5 Å². The number of morpholine rings is 1. The summed E-state index contributed by atoms with van der Waals surface area (Å²) in [5.41, 5.74) is 5.66. The van der Waals surface area contributed by atoms with E-state index in [9.17, 15) is 4.79 Å². The molecule has 182 valence electrons. The zero-order chi connectivity index (χ0) is 23.9. The maximum absolute atomic E-state index is 12.7. The van der Waals surface area contributed by atoms with Gasteiger partial charge in [0.05, 0.1) is 13.2 Å². The van der Waals surface area contributed by atoms with Gasteiger partial charge in [-0.2, -0.15) is 0 Å². The molecule has 35 heavy (non-hydrogen) atoms. The molecule has 1 N–H and O–H groups in total. The standard InChI is InChI=1S/C29H33N3O3/c33-29(25-8-10-27(11-9-25)32-13-12-24-5-1-2-6-26(24)22-32)30-21-23-4-3-7-28(20-23)35-19-16-31-14-17-34-18-15-31/h1-11,20H,12-19,21-22H2,(H,30,33). The number of carbonyl (C=O) groups excluding carboxylic acids is 1. The molecule has 0 radical (unpaired) electrons. The number of anilines is 1. The Hall–Kier alpha value is -3.35. The second kappa shape index (κ2) is 11.4. The van der Waals surface area contributed by atoms with Gasteiger partial charge in [0, 0.05) is 50.5 Å². The average Bonchev–Trinajstić information content (AvgIpc) is 2.92. The second-order valence-corrected chi connectivity index (χ2v) is 9.12. The molecule has 5 rings (SSSR count). The van der Waals surface area contributed by atoms with Crippen molar-refractivity contribution in [3.05, 3.63) is 95.1 Å². The lowest BCUT2D eigenvalue weighted by Crippen LogP contribution is -2.38. The zero-order valence-corrected chi connectivity index (χ0v) is 20.1. The highest BCUT2D eigenvalue weighted by molar-refractivity contribution is 5.94. The lowest BCUT2D eigenvalue weighted by molar-refractivity contribution is 0.0322. The maximum Gasteiger partial charge on any atom is 0.251 e. The Labute approximate surface area is 207 Å². The van der Waals surface area contributed by atoms with E-state index in [0.717, 1.165) is 69.4 Å². The van der Waals surface area contributed by atoms with Crippen LogP contribution in [-0.2, 0) is 24.2 Å². The summed E-state index contributed by atoms with van der Waals surface area (Å²) in [5, 5.41) is 3.03. The molecular weight excluding hydrogens is 438 g/mol. The molecular formula is C29H33N3O3. The van der Waals surface area contributed by atoms with Crippen LogP contribution in [0.25, 0.3) is 0 Å². The summed E-state index contributed by atoms with van der Waals surface area (Å²) in [6.07, 6.45) is 1.05. The van der Waals surface area contributed by atoms with Crippen molar-refractivity contribution < 1.29 is 14.3 Å². The van der Waals surface area contributed by atoms with Gasteiger partial charge in [-0.05, 0) is 59.5 Å². The van der Waals surface area contributed by atoms with Gasteiger partial charge in [-0.3, -0.25) is 9.69 Å². The van der Waals surface area contributed by atoms with Crippen LogP contribution < -0.4 is 15.0 Å². The van der Waals surface area contributed by atoms with E-state index in [0.29, 0.717) is 18.7 Å². The van der Waals surface area contributed by atoms with Crippen LogP contribution in [-0.4, -0.2) is 56.8 Å². The molecule has 6 heteroatoms. The number of nitrogens with one attached hydrogen (secondary N) is 1. The first kappa shape index (κ1) is 23.4. The quantitative estimate of drug-likeness (QED) is 0.540. The first-order chi connectivity index (χ1) is 17.2. The van der Waals surface area contributed by atoms with Crippen molar-refractivity contribution in [3.63, 3.8) is 0 Å². The fourth-order valence-corrected chi connectivity index (χ4v) is 4.69. The van der Waals surface area contributed by atoms with Crippen LogP contribution in [0.15, 0.2) is 72.8 Å². The third-order valence-corrected chi connectivity index (χ3v) is 6.76. The van der Waals surface area contributed by atoms with E-state index in [1.165, 1.54) is 11.1 Å². The van der Waals surface area contributed by atoms with E-state index in [2.05, 4.69) is 39.4 Å². The summed E-state index contributed by atoms with van der Waals surface area (Å²) in [6, 6.07) is 24.5. The minimum absolute atomic E-state index is 0.0702. The molecule has 3 aromatic carbocycles. The minimum atomic E-state index is -0.0702. The number of rotatable bonds is 8. The van der Waals surface area contributed by atoms with E-state index in [1.54, 1.807) is 0 Å². The third-order valence-electron chi connectivity index (χ3n) is 6.76. The van der Waals surface area contributed by atoms with Crippen molar-refractivity contribution in [2.24, 2.45) is 0 Å². The second-order valence-electron chi connectivity index (χ2n) is 9.12. The number of hydrogen-bond acceptors (Lipinski definition) is 5. The summed E-state index contributed by atoms with van der Waals surface area (Å²) in [4.78, 5) is 17.4. The Bertz CT molecular complexity index is 1130. The summed E-state index contributed by atoms with van der Waals surface area (Å²) >= 11 is 0. The largest absolute Gasteiger partial charge is 0.492 e. The number of carbonyl (C=O) groups is 1. The van der Waals surface area contributed by atoms with Gasteiger partial charge in [0.1, 0.15) is 12.4 Å². The van der Waals surface area contributed by atoms with Gasteiger partial charge in [0.15, 0.2) is 0 Å². The number of nitrogens with zero attached hydrogens (tertiary/aromatic N) is 2. The Morgan fingerprint density at radius 1 is 0.914 bits per heavy atom. The van der Waals surface area contributed by atoms with E-state index in [-0.39, 0.29) is 5.91 Å². The van der Waals surface area contributed by atoms with E-state index in [1.807, 2.05) is 48.5 Å². The molecule has 2 aliphatic heterocycles. The van der Waals surface area contributed by atoms with E-state index in [4.69, 9.17) is 9.47 Å². The molecule has 0 spiro atoms. The SMILES string of the molecule is O=C(NCc1cccc(OCCN2CCOCC2)c1)c1ccc(N2CCc3ccccc3C2)cc1. The van der Waals surface area contributed by atoms with Crippen molar-refractivity contribution >= 4 is 11.6 Å². The monoisotopic (exact) mass is 471 g/mol. The predicted molar refractivity (Wildman–Crippen MR) is 138 cm³/mol. The topological polar surface area (TPSA) is 54.0 Å². The fourth-order valence-electron chi connectivity index (χ4n) is 4.69. The summed E-state index contributed by atoms with van der Waals surface area (Å²) in [6.45, 7) is 7.42. The van der Waals surface area contributed by atoms with Gasteiger partial charge in [0.2, 0.25) is 0 Å². The summed E-state index contributed by atoms with van der Waals surface area (Å²) in [7, 11) is 0. The molecule has 2 aliphatic rings. The van der Waals surface area contributed by atoms with Gasteiger partial charge in [0.25, 0.3) is 5.91 Å². The van der Waals surface area contributed by atoms with Gasteiger partial charge < -0.3 is 19.7 Å². The molecule has 6 nitrogen and oxygen atoms in total. The highest BCUT2D eigenvalue weighted by atomic mass is 16.5. The number of hydrogen-bond donors (Lipinski definition) is 1. The summed E-state index contributed by atoms with van der Waals surface area (Å²) in [5.74, 6) is 0.761. The molecule has 0 aromatic heterocycles. The van der Waals surface area contributed by atoms with Crippen molar-refractivity contribution in [2.75, 3.05) is 50.9 Å². The van der Waals surface area contributed by atoms with Crippen molar-refractivity contribution in [1.29, 1.82) is 0 Å². The smallest absolute Gasteiger partial charge is 0.251 e. The highest BCUT2D eigenvalue weighted by Gasteiger charge is 2.16. The lowest BCUT2D eigenvalue weighted by Gasteiger charge is -2.30. The normalized spacial score (nSPS) is 15.9. The summed E-state index contributed by atoms with van der Waals surface area (Å²) < 4.78 is 11.3. The molecule has 1 fully saturated rings. The molecule has 0 atom stereocenters. The maximum atomic E-state index is 12.7. The van der Waals surface area contributed by atoms with Crippen LogP contribution in [0.3, 0.4) is 0 Å².